The van der Waals surface area contributed by atoms with Crippen LogP contribution in [-0.4, -0.2) is 47.0 Å². The summed E-state index contributed by atoms with van der Waals surface area (Å²) in [5, 5.41) is 17.7. The Kier molecular flexibility index (Phi) is 6.58. The molecule has 0 bridgehead atoms. The van der Waals surface area contributed by atoms with Gasteiger partial charge in [-0.25, -0.2) is 9.97 Å². The van der Waals surface area contributed by atoms with E-state index in [1.54, 1.807) is 24.3 Å². The molecule has 1 fully saturated rings. The van der Waals surface area contributed by atoms with Gasteiger partial charge < -0.3 is 20.4 Å². The van der Waals surface area contributed by atoms with Crippen molar-refractivity contribution in [3.8, 4) is 0 Å². The Bertz CT molecular complexity index is 1210. The van der Waals surface area contributed by atoms with E-state index in [-0.39, 0.29) is 17.4 Å². The van der Waals surface area contributed by atoms with Crippen molar-refractivity contribution in [2.45, 2.75) is 20.8 Å². The first kappa shape index (κ1) is 23.0. The Morgan fingerprint density at radius 1 is 0.971 bits per heavy atom. The second kappa shape index (κ2) is 9.74. The minimum atomic E-state index is -0.444. The van der Waals surface area contributed by atoms with Crippen LogP contribution in [0, 0.1) is 24.0 Å². The summed E-state index contributed by atoms with van der Waals surface area (Å²) in [5.74, 6) is 0.256. The summed E-state index contributed by atoms with van der Waals surface area (Å²) >= 11 is 0. The molecule has 1 aliphatic rings. The number of carbonyl (C=O) groups is 1. The Labute approximate surface area is 197 Å². The molecule has 34 heavy (non-hydrogen) atoms. The largest absolute Gasteiger partial charge is 0.368 e. The summed E-state index contributed by atoms with van der Waals surface area (Å²) in [4.78, 5) is 35.4. The molecule has 2 aromatic carbocycles. The van der Waals surface area contributed by atoms with Gasteiger partial charge in [0.15, 0.2) is 0 Å². The number of nitro groups is 1. The van der Waals surface area contributed by atoms with Crippen molar-refractivity contribution in [3.63, 3.8) is 0 Å². The summed E-state index contributed by atoms with van der Waals surface area (Å²) in [5.41, 5.74) is 4.78. The van der Waals surface area contributed by atoms with Crippen LogP contribution >= 0.6 is 0 Å². The lowest BCUT2D eigenvalue weighted by atomic mass is 10.1. The van der Waals surface area contributed by atoms with Crippen LogP contribution in [0.4, 0.5) is 34.4 Å². The molecule has 0 unspecified atom stereocenters. The van der Waals surface area contributed by atoms with Crippen molar-refractivity contribution in [2.75, 3.05) is 46.6 Å². The summed E-state index contributed by atoms with van der Waals surface area (Å²) in [7, 11) is 0. The van der Waals surface area contributed by atoms with E-state index in [2.05, 4.69) is 57.5 Å². The number of amides is 1. The van der Waals surface area contributed by atoms with Gasteiger partial charge in [0, 0.05) is 50.2 Å². The molecule has 1 saturated heterocycles. The molecule has 4 rings (SSSR count). The maximum absolute atomic E-state index is 12.0. The zero-order chi connectivity index (χ0) is 24.2. The normalized spacial score (nSPS) is 13.5. The molecule has 0 radical (unpaired) electrons. The van der Waals surface area contributed by atoms with E-state index in [1.165, 1.54) is 30.1 Å². The van der Waals surface area contributed by atoms with E-state index in [9.17, 15) is 14.9 Å². The topological polar surface area (TPSA) is 117 Å². The maximum Gasteiger partial charge on any atom is 0.353 e. The number of rotatable bonds is 6. The van der Waals surface area contributed by atoms with Crippen molar-refractivity contribution in [1.82, 2.24) is 9.97 Å². The van der Waals surface area contributed by atoms with Crippen LogP contribution < -0.4 is 20.4 Å². The zero-order valence-corrected chi connectivity index (χ0v) is 19.4. The quantitative estimate of drug-likeness (QED) is 0.417. The summed E-state index contributed by atoms with van der Waals surface area (Å²) in [6.07, 6.45) is 1.34. The predicted octanol–water partition coefficient (Wildman–Crippen LogP) is 4.03. The van der Waals surface area contributed by atoms with E-state index in [0.29, 0.717) is 30.3 Å². The number of aryl methyl sites for hydroxylation is 1. The molecule has 2 heterocycles. The highest BCUT2D eigenvalue weighted by Gasteiger charge is 2.29. The molecule has 1 amide bonds. The molecule has 1 aromatic heterocycles. The molecule has 0 aliphatic carbocycles. The van der Waals surface area contributed by atoms with Gasteiger partial charge in [-0.1, -0.05) is 12.1 Å². The van der Waals surface area contributed by atoms with Gasteiger partial charge in [0.2, 0.25) is 17.5 Å². The van der Waals surface area contributed by atoms with Gasteiger partial charge in [0.05, 0.1) is 4.92 Å². The number of hydrogen-bond acceptors (Lipinski definition) is 8. The Morgan fingerprint density at radius 2 is 1.62 bits per heavy atom. The molecule has 3 aromatic rings. The number of nitrogens with zero attached hydrogens (tertiary/aromatic N) is 5. The van der Waals surface area contributed by atoms with Crippen LogP contribution in [0.3, 0.4) is 0 Å². The molecule has 0 atom stereocenters. The fourth-order valence-corrected chi connectivity index (χ4v) is 4.07. The summed E-state index contributed by atoms with van der Waals surface area (Å²) in [6, 6.07) is 13.1. The highest BCUT2D eigenvalue weighted by molar-refractivity contribution is 5.89. The van der Waals surface area contributed by atoms with Crippen molar-refractivity contribution in [1.29, 1.82) is 0 Å². The number of aromatic nitrogens is 2. The SMILES string of the molecule is CC(=O)Nc1ccc(Nc2ncnc(N3CCN(c4cccc(C)c4C)CC3)c2[N+](=O)[O-])cc1. The van der Waals surface area contributed by atoms with Gasteiger partial charge in [0.25, 0.3) is 0 Å². The van der Waals surface area contributed by atoms with E-state index in [0.717, 1.165) is 13.1 Å². The van der Waals surface area contributed by atoms with Crippen LogP contribution in [0.15, 0.2) is 48.8 Å². The van der Waals surface area contributed by atoms with E-state index < -0.39 is 4.92 Å². The highest BCUT2D eigenvalue weighted by atomic mass is 16.6. The van der Waals surface area contributed by atoms with Crippen LogP contribution in [0.1, 0.15) is 18.1 Å². The van der Waals surface area contributed by atoms with Gasteiger partial charge in [-0.3, -0.25) is 14.9 Å². The second-order valence-corrected chi connectivity index (χ2v) is 8.23. The van der Waals surface area contributed by atoms with Crippen LogP contribution in [0.5, 0.6) is 0 Å². The van der Waals surface area contributed by atoms with Crippen LogP contribution in [-0.2, 0) is 4.79 Å². The molecule has 176 valence electrons. The number of carbonyl (C=O) groups excluding carboxylic acids is 1. The maximum atomic E-state index is 12.0. The molecule has 0 spiro atoms. The van der Waals surface area contributed by atoms with E-state index in [1.807, 2.05) is 4.90 Å². The molecule has 10 nitrogen and oxygen atoms in total. The van der Waals surface area contributed by atoms with E-state index in [4.69, 9.17) is 0 Å². The van der Waals surface area contributed by atoms with Crippen molar-refractivity contribution >= 4 is 40.3 Å². The third-order valence-corrected chi connectivity index (χ3v) is 5.95. The lowest BCUT2D eigenvalue weighted by Crippen LogP contribution is -2.47. The number of nitrogens with one attached hydrogen (secondary N) is 2. The highest BCUT2D eigenvalue weighted by Crippen LogP contribution is 2.35. The molecule has 0 saturated carbocycles. The molecular weight excluding hydrogens is 434 g/mol. The summed E-state index contributed by atoms with van der Waals surface area (Å²) < 4.78 is 0. The van der Waals surface area contributed by atoms with Crippen LogP contribution in [0.2, 0.25) is 0 Å². The first-order valence-electron chi connectivity index (χ1n) is 11.0. The van der Waals surface area contributed by atoms with Crippen LogP contribution in [0.25, 0.3) is 0 Å². The Morgan fingerprint density at radius 3 is 2.26 bits per heavy atom. The van der Waals surface area contributed by atoms with Crippen molar-refractivity contribution in [3.05, 3.63) is 70.0 Å². The Balaban J connectivity index is 1.53. The fraction of sp³-hybridized carbons (Fsp3) is 0.292. The standard InChI is InChI=1S/C24H27N7O3/c1-16-5-4-6-21(17(16)2)29-11-13-30(14-12-29)24-22(31(33)34)23(25-15-26-24)28-20-9-7-19(8-10-20)27-18(3)32/h4-10,15H,11-14H2,1-3H3,(H,27,32)(H,25,26,28). The number of piperazine rings is 1. The third kappa shape index (κ3) is 4.90. The lowest BCUT2D eigenvalue weighted by molar-refractivity contribution is -0.383. The molecule has 10 heteroatoms. The summed E-state index contributed by atoms with van der Waals surface area (Å²) in [6.45, 7) is 8.33. The van der Waals surface area contributed by atoms with Gasteiger partial charge in [0.1, 0.15) is 6.33 Å². The predicted molar refractivity (Wildman–Crippen MR) is 133 cm³/mol. The van der Waals surface area contributed by atoms with E-state index >= 15 is 0 Å². The number of hydrogen-bond donors (Lipinski definition) is 2. The first-order valence-corrected chi connectivity index (χ1v) is 11.0. The molecule has 2 N–H and O–H groups in total. The second-order valence-electron chi connectivity index (χ2n) is 8.23. The van der Waals surface area contributed by atoms with Gasteiger partial charge in [-0.15, -0.1) is 0 Å². The van der Waals surface area contributed by atoms with Crippen molar-refractivity contribution < 1.29 is 9.72 Å². The number of benzene rings is 2. The average Bonchev–Trinajstić information content (AvgIpc) is 2.82. The first-order chi connectivity index (χ1) is 16.3. The third-order valence-electron chi connectivity index (χ3n) is 5.95. The minimum absolute atomic E-state index is 0.124. The smallest absolute Gasteiger partial charge is 0.353 e. The van der Waals surface area contributed by atoms with Gasteiger partial charge in [-0.05, 0) is 55.3 Å². The lowest BCUT2D eigenvalue weighted by Gasteiger charge is -2.37. The van der Waals surface area contributed by atoms with Crippen molar-refractivity contribution in [2.24, 2.45) is 0 Å². The molecular formula is C24H27N7O3. The monoisotopic (exact) mass is 461 g/mol. The zero-order valence-electron chi connectivity index (χ0n) is 19.4. The fourth-order valence-electron chi connectivity index (χ4n) is 4.07. The Hall–Kier alpha value is -4.21. The number of anilines is 5. The molecule has 1 aliphatic heterocycles. The minimum Gasteiger partial charge on any atom is -0.368 e. The van der Waals surface area contributed by atoms with Gasteiger partial charge >= 0.3 is 5.69 Å². The average molecular weight is 462 g/mol. The van der Waals surface area contributed by atoms with Gasteiger partial charge in [-0.2, -0.15) is 0 Å².